The first-order valence-corrected chi connectivity index (χ1v) is 7.78. The van der Waals surface area contributed by atoms with E-state index < -0.39 is 0 Å². The number of carbonyl (C=O) groups excluding carboxylic acids is 1. The zero-order valence-corrected chi connectivity index (χ0v) is 12.5. The molecule has 3 rings (SSSR count). The maximum absolute atomic E-state index is 12.1. The minimum Gasteiger partial charge on any atom is -0.341 e. The van der Waals surface area contributed by atoms with E-state index >= 15 is 0 Å². The average Bonchev–Trinajstić information content (AvgIpc) is 3.03. The number of hydrogen-bond donors (Lipinski definition) is 0. The normalized spacial score (nSPS) is 25.3. The lowest BCUT2D eigenvalue weighted by atomic mass is 9.67. The van der Waals surface area contributed by atoms with Crippen LogP contribution in [0.15, 0.2) is 6.33 Å². The third kappa shape index (κ3) is 2.13. The molecule has 5 heteroatoms. The van der Waals surface area contributed by atoms with E-state index in [-0.39, 0.29) is 11.3 Å². The summed E-state index contributed by atoms with van der Waals surface area (Å²) < 4.78 is 2.03. The average molecular weight is 276 g/mol. The van der Waals surface area contributed by atoms with Gasteiger partial charge in [-0.15, -0.1) is 10.2 Å². The summed E-state index contributed by atoms with van der Waals surface area (Å²) in [4.78, 5) is 14.2. The number of aromatic nitrogens is 3. The number of nitrogens with zero attached hydrogens (tertiary/aromatic N) is 4. The summed E-state index contributed by atoms with van der Waals surface area (Å²) in [7, 11) is 2.01. The number of carbonyl (C=O) groups is 1. The second-order valence-corrected chi connectivity index (χ2v) is 6.40. The smallest absolute Gasteiger partial charge is 0.222 e. The van der Waals surface area contributed by atoms with Crippen molar-refractivity contribution < 1.29 is 4.79 Å². The van der Waals surface area contributed by atoms with E-state index in [0.717, 1.165) is 18.9 Å². The molecule has 0 aromatic carbocycles. The monoisotopic (exact) mass is 276 g/mol. The van der Waals surface area contributed by atoms with Crippen LogP contribution in [0.4, 0.5) is 0 Å². The Morgan fingerprint density at radius 1 is 1.40 bits per heavy atom. The number of rotatable bonds is 2. The molecule has 1 aromatic heterocycles. The predicted octanol–water partition coefficient (Wildman–Crippen LogP) is 2.10. The molecule has 1 saturated carbocycles. The zero-order chi connectivity index (χ0) is 14.2. The summed E-state index contributed by atoms with van der Waals surface area (Å²) in [6.07, 6.45) is 8.70. The van der Waals surface area contributed by atoms with E-state index in [1.54, 1.807) is 6.33 Å². The number of hydrogen-bond acceptors (Lipinski definition) is 3. The highest BCUT2D eigenvalue weighted by molar-refractivity contribution is 5.76. The topological polar surface area (TPSA) is 51.0 Å². The Morgan fingerprint density at radius 2 is 2.15 bits per heavy atom. The second kappa shape index (κ2) is 5.19. The molecule has 2 heterocycles. The number of aryl methyl sites for hydroxylation is 1. The molecule has 1 spiro atoms. The number of likely N-dealkylation sites (tertiary alicyclic amines) is 1. The quantitative estimate of drug-likeness (QED) is 0.831. The first-order chi connectivity index (χ1) is 9.66. The van der Waals surface area contributed by atoms with Crippen LogP contribution >= 0.6 is 0 Å². The van der Waals surface area contributed by atoms with Crippen LogP contribution in [-0.4, -0.2) is 38.7 Å². The Balaban J connectivity index is 1.92. The minimum atomic E-state index is 0.240. The van der Waals surface area contributed by atoms with Crippen molar-refractivity contribution in [3.8, 4) is 0 Å². The molecule has 1 amide bonds. The number of amides is 1. The molecule has 1 aromatic rings. The Kier molecular flexibility index (Phi) is 3.52. The van der Waals surface area contributed by atoms with Gasteiger partial charge in [0.1, 0.15) is 12.2 Å². The molecule has 0 radical (unpaired) electrons. The fourth-order valence-electron chi connectivity index (χ4n) is 4.11. The van der Waals surface area contributed by atoms with Gasteiger partial charge in [0.2, 0.25) is 5.91 Å². The maximum Gasteiger partial charge on any atom is 0.222 e. The lowest BCUT2D eigenvalue weighted by Crippen LogP contribution is -2.34. The molecule has 1 saturated heterocycles. The van der Waals surface area contributed by atoms with Gasteiger partial charge >= 0.3 is 0 Å². The molecule has 1 aliphatic heterocycles. The van der Waals surface area contributed by atoms with Gasteiger partial charge in [-0.05, 0) is 18.3 Å². The molecule has 0 N–H and O–H groups in total. The highest BCUT2D eigenvalue weighted by atomic mass is 16.2. The van der Waals surface area contributed by atoms with Gasteiger partial charge in [-0.2, -0.15) is 0 Å². The van der Waals surface area contributed by atoms with Crippen molar-refractivity contribution in [2.75, 3.05) is 13.1 Å². The van der Waals surface area contributed by atoms with Crippen LogP contribution in [0.1, 0.15) is 57.2 Å². The van der Waals surface area contributed by atoms with E-state index in [0.29, 0.717) is 12.3 Å². The Labute approximate surface area is 120 Å². The SMILES string of the molecule is CCC(=O)N1CC(c2nncn2C)C2(CCCCC2)C1. The van der Waals surface area contributed by atoms with Crippen molar-refractivity contribution in [2.45, 2.75) is 51.4 Å². The molecular formula is C15H24N4O. The van der Waals surface area contributed by atoms with Crippen molar-refractivity contribution in [2.24, 2.45) is 12.5 Å². The van der Waals surface area contributed by atoms with E-state index in [4.69, 9.17) is 0 Å². The van der Waals surface area contributed by atoms with Gasteiger partial charge in [0.15, 0.2) is 0 Å². The third-order valence-corrected chi connectivity index (χ3v) is 5.21. The standard InChI is InChI=1S/C15H24N4O/c1-3-13(20)19-9-12(14-17-16-11-18(14)2)15(10-19)7-5-4-6-8-15/h11-12H,3-10H2,1-2H3. The molecule has 110 valence electrons. The first-order valence-electron chi connectivity index (χ1n) is 7.78. The Bertz CT molecular complexity index is 490. The molecule has 1 unspecified atom stereocenters. The molecule has 0 bridgehead atoms. The molecule has 1 aliphatic carbocycles. The lowest BCUT2D eigenvalue weighted by Gasteiger charge is -2.37. The third-order valence-electron chi connectivity index (χ3n) is 5.21. The Hall–Kier alpha value is -1.39. The van der Waals surface area contributed by atoms with Gasteiger partial charge in [0, 0.05) is 32.5 Å². The minimum absolute atomic E-state index is 0.240. The van der Waals surface area contributed by atoms with E-state index in [9.17, 15) is 4.79 Å². The zero-order valence-electron chi connectivity index (χ0n) is 12.5. The van der Waals surface area contributed by atoms with Gasteiger partial charge in [-0.25, -0.2) is 0 Å². The molecule has 1 atom stereocenters. The molecule has 2 fully saturated rings. The van der Waals surface area contributed by atoms with Gasteiger partial charge in [-0.3, -0.25) is 4.79 Å². The van der Waals surface area contributed by atoms with Crippen molar-refractivity contribution in [1.29, 1.82) is 0 Å². The lowest BCUT2D eigenvalue weighted by molar-refractivity contribution is -0.130. The first kappa shape index (κ1) is 13.6. The highest BCUT2D eigenvalue weighted by Crippen LogP contribution is 2.51. The Morgan fingerprint density at radius 3 is 2.75 bits per heavy atom. The van der Waals surface area contributed by atoms with Crippen LogP contribution in [-0.2, 0) is 11.8 Å². The maximum atomic E-state index is 12.1. The van der Waals surface area contributed by atoms with Crippen LogP contribution in [0.3, 0.4) is 0 Å². The van der Waals surface area contributed by atoms with Crippen LogP contribution in [0.25, 0.3) is 0 Å². The predicted molar refractivity (Wildman–Crippen MR) is 76.1 cm³/mol. The van der Waals surface area contributed by atoms with Gasteiger partial charge < -0.3 is 9.47 Å². The molecule has 2 aliphatic rings. The van der Waals surface area contributed by atoms with Crippen LogP contribution in [0, 0.1) is 5.41 Å². The van der Waals surface area contributed by atoms with Crippen LogP contribution in [0.5, 0.6) is 0 Å². The fourth-order valence-corrected chi connectivity index (χ4v) is 4.11. The van der Waals surface area contributed by atoms with E-state index in [1.165, 1.54) is 32.1 Å². The fraction of sp³-hybridized carbons (Fsp3) is 0.800. The largest absolute Gasteiger partial charge is 0.341 e. The van der Waals surface area contributed by atoms with E-state index in [1.807, 2.05) is 18.5 Å². The van der Waals surface area contributed by atoms with Crippen molar-refractivity contribution in [1.82, 2.24) is 19.7 Å². The van der Waals surface area contributed by atoms with Crippen molar-refractivity contribution >= 4 is 5.91 Å². The van der Waals surface area contributed by atoms with Gasteiger partial charge in [0.05, 0.1) is 0 Å². The summed E-state index contributed by atoms with van der Waals surface area (Å²) in [5.74, 6) is 1.68. The highest BCUT2D eigenvalue weighted by Gasteiger charge is 2.50. The van der Waals surface area contributed by atoms with Crippen LogP contribution < -0.4 is 0 Å². The molecule has 20 heavy (non-hydrogen) atoms. The summed E-state index contributed by atoms with van der Waals surface area (Å²) in [6, 6.07) is 0. The summed E-state index contributed by atoms with van der Waals surface area (Å²) in [6.45, 7) is 3.68. The van der Waals surface area contributed by atoms with Crippen molar-refractivity contribution in [3.63, 3.8) is 0 Å². The van der Waals surface area contributed by atoms with Gasteiger partial charge in [-0.1, -0.05) is 26.2 Å². The van der Waals surface area contributed by atoms with Gasteiger partial charge in [0.25, 0.3) is 0 Å². The van der Waals surface area contributed by atoms with Crippen molar-refractivity contribution in [3.05, 3.63) is 12.2 Å². The van der Waals surface area contributed by atoms with Crippen LogP contribution in [0.2, 0.25) is 0 Å². The second-order valence-electron chi connectivity index (χ2n) is 6.40. The molecular weight excluding hydrogens is 252 g/mol. The summed E-state index contributed by atoms with van der Waals surface area (Å²) in [5, 5.41) is 8.39. The summed E-state index contributed by atoms with van der Waals surface area (Å²) in [5.41, 5.74) is 0.240. The van der Waals surface area contributed by atoms with E-state index in [2.05, 4.69) is 15.1 Å². The molecule has 5 nitrogen and oxygen atoms in total. The summed E-state index contributed by atoms with van der Waals surface area (Å²) >= 11 is 0.